The smallest absolute Gasteiger partial charge is 0.387 e. The van der Waals surface area contributed by atoms with Crippen molar-refractivity contribution in [2.45, 2.75) is 20.5 Å². The molecule has 0 aliphatic heterocycles. The van der Waals surface area contributed by atoms with Gasteiger partial charge in [0.15, 0.2) is 5.78 Å². The highest BCUT2D eigenvalue weighted by molar-refractivity contribution is 5.97. The molecule has 1 aromatic carbocycles. The summed E-state index contributed by atoms with van der Waals surface area (Å²) in [5.74, 6) is -0.623. The molecular formula is C11H9F2NO2. The summed E-state index contributed by atoms with van der Waals surface area (Å²) in [5, 5.41) is 8.82. The lowest BCUT2D eigenvalue weighted by Gasteiger charge is -2.10. The van der Waals surface area contributed by atoms with Crippen LogP contribution in [0.4, 0.5) is 8.78 Å². The Hall–Kier alpha value is -1.96. The number of halogens is 2. The summed E-state index contributed by atoms with van der Waals surface area (Å²) in [6.45, 7) is -0.123. The number of nitriles is 1. The van der Waals surface area contributed by atoms with Crippen LogP contribution in [-0.4, -0.2) is 12.4 Å². The Bertz CT molecular complexity index is 464. The van der Waals surface area contributed by atoms with Crippen LogP contribution in [0.5, 0.6) is 5.75 Å². The van der Waals surface area contributed by atoms with Gasteiger partial charge in [-0.3, -0.25) is 4.79 Å². The average Bonchev–Trinajstić information content (AvgIpc) is 2.15. The molecule has 0 fully saturated rings. The van der Waals surface area contributed by atoms with Gasteiger partial charge in [-0.1, -0.05) is 0 Å². The van der Waals surface area contributed by atoms with Gasteiger partial charge >= 0.3 is 6.61 Å². The third-order valence-electron chi connectivity index (χ3n) is 1.95. The van der Waals surface area contributed by atoms with Crippen molar-refractivity contribution in [3.63, 3.8) is 0 Å². The van der Waals surface area contributed by atoms with E-state index in [4.69, 9.17) is 5.26 Å². The molecule has 5 heteroatoms. The summed E-state index contributed by atoms with van der Waals surface area (Å²) in [7, 11) is 0. The lowest BCUT2D eigenvalue weighted by Crippen LogP contribution is -2.07. The number of aryl methyl sites for hydroxylation is 1. The number of alkyl halides is 2. The van der Waals surface area contributed by atoms with Gasteiger partial charge < -0.3 is 4.74 Å². The van der Waals surface area contributed by atoms with E-state index in [9.17, 15) is 13.6 Å². The molecule has 0 amide bonds. The lowest BCUT2D eigenvalue weighted by molar-refractivity contribution is -0.0501. The molecule has 0 saturated heterocycles. The molecule has 0 unspecified atom stereocenters. The highest BCUT2D eigenvalue weighted by Crippen LogP contribution is 2.25. The molecule has 0 aliphatic carbocycles. The van der Waals surface area contributed by atoms with Gasteiger partial charge in [0.25, 0.3) is 0 Å². The van der Waals surface area contributed by atoms with E-state index in [2.05, 4.69) is 4.74 Å². The van der Waals surface area contributed by atoms with Crippen molar-refractivity contribution in [3.05, 3.63) is 28.8 Å². The maximum Gasteiger partial charge on any atom is 0.387 e. The first kappa shape index (κ1) is 12.1. The molecule has 0 aliphatic rings. The van der Waals surface area contributed by atoms with Crippen LogP contribution in [0.15, 0.2) is 12.1 Å². The molecule has 1 rings (SSSR count). The van der Waals surface area contributed by atoms with Crippen molar-refractivity contribution in [1.82, 2.24) is 0 Å². The first-order chi connectivity index (χ1) is 7.45. The fraction of sp³-hybridized carbons (Fsp3) is 0.273. The van der Waals surface area contributed by atoms with Gasteiger partial charge in [0, 0.05) is 5.56 Å². The molecule has 0 N–H and O–H groups in total. The number of carbonyl (C=O) groups is 1. The normalized spacial score (nSPS) is 10.0. The summed E-state index contributed by atoms with van der Waals surface area (Å²) in [4.78, 5) is 11.2. The zero-order valence-electron chi connectivity index (χ0n) is 8.75. The van der Waals surface area contributed by atoms with Crippen LogP contribution in [0, 0.1) is 18.3 Å². The van der Waals surface area contributed by atoms with Crippen LogP contribution >= 0.6 is 0 Å². The van der Waals surface area contributed by atoms with E-state index in [0.29, 0.717) is 5.56 Å². The van der Waals surface area contributed by atoms with E-state index < -0.39 is 6.61 Å². The van der Waals surface area contributed by atoms with Crippen LogP contribution in [0.2, 0.25) is 0 Å². The van der Waals surface area contributed by atoms with Gasteiger partial charge in [0.05, 0.1) is 0 Å². The molecule has 0 aromatic heterocycles. The number of ketones is 1. The highest BCUT2D eigenvalue weighted by atomic mass is 19.3. The van der Waals surface area contributed by atoms with E-state index in [1.54, 1.807) is 13.0 Å². The topological polar surface area (TPSA) is 50.1 Å². The largest absolute Gasteiger partial charge is 0.433 e. The first-order valence-electron chi connectivity index (χ1n) is 4.46. The molecule has 3 nitrogen and oxygen atoms in total. The van der Waals surface area contributed by atoms with Crippen molar-refractivity contribution >= 4 is 5.78 Å². The van der Waals surface area contributed by atoms with Gasteiger partial charge in [-0.2, -0.15) is 14.0 Å². The van der Waals surface area contributed by atoms with Gasteiger partial charge in [-0.25, -0.2) is 0 Å². The number of ether oxygens (including phenoxy) is 1. The predicted octanol–water partition coefficient (Wildman–Crippen LogP) is 2.67. The minimum absolute atomic E-state index is 0.0955. The average molecular weight is 225 g/mol. The Kier molecular flexibility index (Phi) is 3.56. The fourth-order valence-electron chi connectivity index (χ4n) is 1.34. The lowest BCUT2D eigenvalue weighted by atomic mass is 10.0. The number of carbonyl (C=O) groups excluding carboxylic acids is 1. The minimum Gasteiger partial charge on any atom is -0.433 e. The predicted molar refractivity (Wildman–Crippen MR) is 52.5 cm³/mol. The third kappa shape index (κ3) is 2.54. The van der Waals surface area contributed by atoms with E-state index >= 15 is 0 Å². The van der Waals surface area contributed by atoms with Crippen LogP contribution in [0.25, 0.3) is 0 Å². The fourth-order valence-corrected chi connectivity index (χ4v) is 1.34. The van der Waals surface area contributed by atoms with Gasteiger partial charge in [-0.05, 0) is 31.5 Å². The van der Waals surface area contributed by atoms with Gasteiger partial charge in [-0.15, -0.1) is 0 Å². The monoisotopic (exact) mass is 225 g/mol. The molecular weight excluding hydrogens is 216 g/mol. The van der Waals surface area contributed by atoms with Gasteiger partial charge in [0.1, 0.15) is 17.4 Å². The number of benzene rings is 1. The van der Waals surface area contributed by atoms with E-state index in [0.717, 1.165) is 0 Å². The van der Waals surface area contributed by atoms with Crippen molar-refractivity contribution in [2.24, 2.45) is 0 Å². The number of hydrogen-bond acceptors (Lipinski definition) is 3. The Morgan fingerprint density at radius 3 is 2.56 bits per heavy atom. The molecule has 0 radical (unpaired) electrons. The zero-order valence-corrected chi connectivity index (χ0v) is 8.75. The highest BCUT2D eigenvalue weighted by Gasteiger charge is 2.16. The maximum absolute atomic E-state index is 12.1. The van der Waals surface area contributed by atoms with Crippen molar-refractivity contribution in [3.8, 4) is 11.8 Å². The molecule has 0 heterocycles. The van der Waals surface area contributed by atoms with E-state index in [1.165, 1.54) is 19.1 Å². The second-order valence-electron chi connectivity index (χ2n) is 3.23. The standard InChI is InChI=1S/C11H9F2NO2/c1-6-3-8(7(2)15)9(5-14)10(4-6)16-11(12)13/h3-4,11H,1-2H3. The van der Waals surface area contributed by atoms with Crippen molar-refractivity contribution < 1.29 is 18.3 Å². The van der Waals surface area contributed by atoms with E-state index in [1.807, 2.05) is 0 Å². The quantitative estimate of drug-likeness (QED) is 0.743. The minimum atomic E-state index is -3.02. The molecule has 0 bridgehead atoms. The van der Waals surface area contributed by atoms with Crippen LogP contribution in [-0.2, 0) is 0 Å². The Morgan fingerprint density at radius 1 is 1.50 bits per heavy atom. The zero-order chi connectivity index (χ0) is 12.3. The SMILES string of the molecule is CC(=O)c1cc(C)cc(OC(F)F)c1C#N. The molecule has 0 atom stereocenters. The number of nitrogens with zero attached hydrogens (tertiary/aromatic N) is 1. The van der Waals surface area contributed by atoms with Crippen LogP contribution in [0.3, 0.4) is 0 Å². The van der Waals surface area contributed by atoms with Crippen molar-refractivity contribution in [1.29, 1.82) is 5.26 Å². The van der Waals surface area contributed by atoms with E-state index in [-0.39, 0.29) is 22.7 Å². The molecule has 1 aromatic rings. The summed E-state index contributed by atoms with van der Waals surface area (Å²) in [5.41, 5.74) is 0.524. The number of Topliss-reactive ketones (excluding diaryl/α,β-unsaturated/α-hetero) is 1. The van der Waals surface area contributed by atoms with Gasteiger partial charge in [0.2, 0.25) is 0 Å². The molecule has 0 spiro atoms. The Morgan fingerprint density at radius 2 is 2.12 bits per heavy atom. The third-order valence-corrected chi connectivity index (χ3v) is 1.95. The Balaban J connectivity index is 3.37. The number of hydrogen-bond donors (Lipinski definition) is 0. The summed E-state index contributed by atoms with van der Waals surface area (Å²) in [6.07, 6.45) is 0. The summed E-state index contributed by atoms with van der Waals surface area (Å²) in [6, 6.07) is 4.47. The maximum atomic E-state index is 12.1. The summed E-state index contributed by atoms with van der Waals surface area (Å²) < 4.78 is 28.4. The second kappa shape index (κ2) is 4.71. The number of rotatable bonds is 3. The summed E-state index contributed by atoms with van der Waals surface area (Å²) >= 11 is 0. The van der Waals surface area contributed by atoms with Crippen LogP contribution in [0.1, 0.15) is 28.4 Å². The van der Waals surface area contributed by atoms with Crippen molar-refractivity contribution in [2.75, 3.05) is 0 Å². The second-order valence-corrected chi connectivity index (χ2v) is 3.23. The Labute approximate surface area is 91.3 Å². The molecule has 84 valence electrons. The molecule has 16 heavy (non-hydrogen) atoms. The first-order valence-corrected chi connectivity index (χ1v) is 4.46. The van der Waals surface area contributed by atoms with Crippen LogP contribution < -0.4 is 4.74 Å². The molecule has 0 saturated carbocycles.